The summed E-state index contributed by atoms with van der Waals surface area (Å²) in [6, 6.07) is 3.79. The van der Waals surface area contributed by atoms with Gasteiger partial charge in [-0.1, -0.05) is 6.92 Å². The SMILES string of the molecule is CCOC(=O)N1c2ccc(OC)nc2[C@@H](Nc2ncc(OC)c(Cc3cc(C(F)(F)F)cc(C(F)(F)F)c3)n2)C[C@H]1CC. The van der Waals surface area contributed by atoms with Gasteiger partial charge in [-0.3, -0.25) is 4.90 Å². The predicted molar refractivity (Wildman–Crippen MR) is 143 cm³/mol. The minimum Gasteiger partial charge on any atom is -0.493 e. The van der Waals surface area contributed by atoms with E-state index in [-0.39, 0.29) is 47.6 Å². The van der Waals surface area contributed by atoms with Crippen LogP contribution in [0.25, 0.3) is 0 Å². The summed E-state index contributed by atoms with van der Waals surface area (Å²) in [5.41, 5.74) is -2.16. The summed E-state index contributed by atoms with van der Waals surface area (Å²) >= 11 is 0. The van der Waals surface area contributed by atoms with Gasteiger partial charge >= 0.3 is 18.4 Å². The Morgan fingerprint density at radius 2 is 1.67 bits per heavy atom. The number of alkyl halides is 6. The van der Waals surface area contributed by atoms with E-state index >= 15 is 0 Å². The van der Waals surface area contributed by atoms with Crippen LogP contribution in [-0.4, -0.2) is 47.9 Å². The zero-order valence-corrected chi connectivity index (χ0v) is 23.6. The molecule has 1 N–H and O–H groups in total. The Kier molecular flexibility index (Phi) is 9.21. The molecule has 0 saturated heterocycles. The Morgan fingerprint density at radius 3 is 2.23 bits per heavy atom. The van der Waals surface area contributed by atoms with Crippen molar-refractivity contribution in [3.05, 3.63) is 64.6 Å². The van der Waals surface area contributed by atoms with Crippen molar-refractivity contribution in [1.82, 2.24) is 15.0 Å². The van der Waals surface area contributed by atoms with Crippen molar-refractivity contribution in [2.75, 3.05) is 31.0 Å². The van der Waals surface area contributed by atoms with Crippen LogP contribution in [0.4, 0.5) is 42.8 Å². The molecule has 0 fully saturated rings. The third-order valence-electron chi connectivity index (χ3n) is 6.86. The molecule has 0 radical (unpaired) electrons. The second kappa shape index (κ2) is 12.5. The standard InChI is InChI=1S/C28H29F6N5O4/c1-5-18-13-20(24-21(7-8-23(38-24)42-4)39(18)26(40)43-6-2)37-25-35-14-22(41-3)19(36-25)11-15-9-16(27(29,30)31)12-17(10-15)28(32,33)34/h7-10,12,14,18,20H,5-6,11,13H2,1-4H3,(H,35,36,37)/t18-,20+/m1/s1. The van der Waals surface area contributed by atoms with E-state index < -0.39 is 42.0 Å². The molecule has 0 saturated carbocycles. The largest absolute Gasteiger partial charge is 0.493 e. The lowest BCUT2D eigenvalue weighted by Crippen LogP contribution is -2.46. The van der Waals surface area contributed by atoms with Crippen molar-refractivity contribution >= 4 is 17.7 Å². The zero-order chi connectivity index (χ0) is 31.5. The molecule has 3 aromatic rings. The highest BCUT2D eigenvalue weighted by molar-refractivity contribution is 5.90. The molecule has 0 spiro atoms. The molecule has 2 atom stereocenters. The number of amides is 1. The highest BCUT2D eigenvalue weighted by Crippen LogP contribution is 2.41. The normalized spacial score (nSPS) is 16.8. The van der Waals surface area contributed by atoms with Crippen LogP contribution in [0.15, 0.2) is 36.5 Å². The Hall–Kier alpha value is -4.30. The van der Waals surface area contributed by atoms with Crippen molar-refractivity contribution in [3.8, 4) is 11.6 Å². The minimum absolute atomic E-state index is 0.0267. The number of nitrogens with zero attached hydrogens (tertiary/aromatic N) is 4. The smallest absolute Gasteiger partial charge is 0.416 e. The molecule has 1 amide bonds. The first-order chi connectivity index (χ1) is 20.3. The third-order valence-corrected chi connectivity index (χ3v) is 6.86. The van der Waals surface area contributed by atoms with Crippen LogP contribution in [0.1, 0.15) is 60.8 Å². The molecule has 1 aliphatic rings. The maximum absolute atomic E-state index is 13.4. The number of pyridine rings is 1. The van der Waals surface area contributed by atoms with Crippen LogP contribution < -0.4 is 19.7 Å². The minimum atomic E-state index is -4.99. The summed E-state index contributed by atoms with van der Waals surface area (Å²) in [6.45, 7) is 3.77. The van der Waals surface area contributed by atoms with Gasteiger partial charge in [-0.25, -0.2) is 19.7 Å². The average molecular weight is 614 g/mol. The van der Waals surface area contributed by atoms with Gasteiger partial charge in [0, 0.05) is 18.5 Å². The number of carbonyl (C=O) groups is 1. The van der Waals surface area contributed by atoms with Crippen LogP contribution in [-0.2, 0) is 23.5 Å². The fourth-order valence-corrected chi connectivity index (χ4v) is 4.87. The average Bonchev–Trinajstić information content (AvgIpc) is 2.95. The second-order valence-electron chi connectivity index (χ2n) is 9.62. The molecule has 4 rings (SSSR count). The van der Waals surface area contributed by atoms with Gasteiger partial charge in [-0.05, 0) is 49.6 Å². The number of nitrogens with one attached hydrogen (secondary N) is 1. The number of rotatable bonds is 8. The first-order valence-electron chi connectivity index (χ1n) is 13.2. The molecule has 1 aliphatic heterocycles. The van der Waals surface area contributed by atoms with E-state index in [1.807, 2.05) is 6.92 Å². The van der Waals surface area contributed by atoms with E-state index in [2.05, 4.69) is 20.3 Å². The Balaban J connectivity index is 1.72. The van der Waals surface area contributed by atoms with Gasteiger partial charge < -0.3 is 19.5 Å². The first kappa shape index (κ1) is 31.6. The van der Waals surface area contributed by atoms with E-state index in [9.17, 15) is 31.1 Å². The van der Waals surface area contributed by atoms with Crippen LogP contribution in [0.5, 0.6) is 11.6 Å². The van der Waals surface area contributed by atoms with Gasteiger partial charge in [-0.2, -0.15) is 26.3 Å². The highest BCUT2D eigenvalue weighted by atomic mass is 19.4. The summed E-state index contributed by atoms with van der Waals surface area (Å²) in [4.78, 5) is 27.5. The van der Waals surface area contributed by atoms with Crippen molar-refractivity contribution < 1.29 is 45.3 Å². The van der Waals surface area contributed by atoms with Gasteiger partial charge in [0.1, 0.15) is 0 Å². The van der Waals surface area contributed by atoms with Crippen LogP contribution >= 0.6 is 0 Å². The number of hydrogen-bond donors (Lipinski definition) is 1. The van der Waals surface area contributed by atoms with E-state index in [1.54, 1.807) is 19.1 Å². The lowest BCUT2D eigenvalue weighted by Gasteiger charge is -2.39. The topological polar surface area (TPSA) is 98.7 Å². The molecule has 3 heterocycles. The number of halogens is 6. The fraction of sp³-hybridized carbons (Fsp3) is 0.429. The molecule has 0 unspecified atom stereocenters. The van der Waals surface area contributed by atoms with Gasteiger partial charge in [0.25, 0.3) is 0 Å². The number of hydrogen-bond acceptors (Lipinski definition) is 8. The fourth-order valence-electron chi connectivity index (χ4n) is 4.87. The van der Waals surface area contributed by atoms with Crippen LogP contribution in [0, 0.1) is 0 Å². The molecule has 43 heavy (non-hydrogen) atoms. The highest BCUT2D eigenvalue weighted by Gasteiger charge is 2.39. The number of benzene rings is 1. The Morgan fingerprint density at radius 1 is 1.00 bits per heavy atom. The number of aromatic nitrogens is 3. The second-order valence-corrected chi connectivity index (χ2v) is 9.62. The van der Waals surface area contributed by atoms with Gasteiger partial charge in [0.2, 0.25) is 11.8 Å². The predicted octanol–water partition coefficient (Wildman–Crippen LogP) is 6.82. The molecule has 15 heteroatoms. The molecule has 0 bridgehead atoms. The molecule has 1 aromatic carbocycles. The molecule has 0 aliphatic carbocycles. The molecule has 232 valence electrons. The molecule has 2 aromatic heterocycles. The first-order valence-corrected chi connectivity index (χ1v) is 13.2. The van der Waals surface area contributed by atoms with E-state index in [1.165, 1.54) is 25.3 Å². The Labute approximate surface area is 243 Å². The quantitative estimate of drug-likeness (QED) is 0.277. The summed E-state index contributed by atoms with van der Waals surface area (Å²) in [6.07, 6.45) is -8.74. The van der Waals surface area contributed by atoms with Crippen molar-refractivity contribution in [3.63, 3.8) is 0 Å². The van der Waals surface area contributed by atoms with Crippen molar-refractivity contribution in [1.29, 1.82) is 0 Å². The van der Waals surface area contributed by atoms with Crippen molar-refractivity contribution in [2.45, 2.75) is 57.5 Å². The monoisotopic (exact) mass is 613 g/mol. The van der Waals surface area contributed by atoms with Crippen molar-refractivity contribution in [2.24, 2.45) is 0 Å². The maximum Gasteiger partial charge on any atom is 0.416 e. The summed E-state index contributed by atoms with van der Waals surface area (Å²) in [5.74, 6) is 0.379. The molecular formula is C28H29F6N5O4. The number of anilines is 2. The van der Waals surface area contributed by atoms with Crippen LogP contribution in [0.2, 0.25) is 0 Å². The third kappa shape index (κ3) is 7.03. The van der Waals surface area contributed by atoms with Crippen LogP contribution in [0.3, 0.4) is 0 Å². The summed E-state index contributed by atoms with van der Waals surface area (Å²) < 4.78 is 96.4. The lowest BCUT2D eigenvalue weighted by molar-refractivity contribution is -0.143. The maximum atomic E-state index is 13.4. The summed E-state index contributed by atoms with van der Waals surface area (Å²) in [5, 5.41) is 3.16. The van der Waals surface area contributed by atoms with E-state index in [0.717, 1.165) is 0 Å². The van der Waals surface area contributed by atoms with E-state index in [4.69, 9.17) is 14.2 Å². The lowest BCUT2D eigenvalue weighted by atomic mass is 9.93. The van der Waals surface area contributed by atoms with Gasteiger partial charge in [-0.15, -0.1) is 0 Å². The van der Waals surface area contributed by atoms with Gasteiger partial charge in [0.15, 0.2) is 5.75 Å². The molecular weight excluding hydrogens is 584 g/mol. The number of methoxy groups -OCH3 is 2. The van der Waals surface area contributed by atoms with Gasteiger partial charge in [0.05, 0.1) is 61.3 Å². The number of carbonyl (C=O) groups excluding carboxylic acids is 1. The number of fused-ring (bicyclic) bond motifs is 1. The number of ether oxygens (including phenoxy) is 3. The zero-order valence-electron chi connectivity index (χ0n) is 23.6. The summed E-state index contributed by atoms with van der Waals surface area (Å²) in [7, 11) is 2.72. The van der Waals surface area contributed by atoms with E-state index in [0.29, 0.717) is 36.4 Å². The Bertz CT molecular complexity index is 1430. The molecule has 9 nitrogen and oxygen atoms in total.